The van der Waals surface area contributed by atoms with Crippen molar-refractivity contribution in [2.24, 2.45) is 0 Å². The van der Waals surface area contributed by atoms with Crippen molar-refractivity contribution in [3.8, 4) is 11.5 Å². The minimum Gasteiger partial charge on any atom is -0.395 e. The van der Waals surface area contributed by atoms with E-state index in [0.29, 0.717) is 5.88 Å². The van der Waals surface area contributed by atoms with Crippen LogP contribution < -0.4 is 9.47 Å². The maximum Gasteiger partial charge on any atom is 0.519 e. The zero-order valence-corrected chi connectivity index (χ0v) is 12.5. The fraction of sp³-hybridized carbons (Fsp3) is 0.188. The summed E-state index contributed by atoms with van der Waals surface area (Å²) >= 11 is 5.64. The van der Waals surface area contributed by atoms with E-state index in [1.165, 1.54) is 36.4 Å². The largest absolute Gasteiger partial charge is 0.519 e. The van der Waals surface area contributed by atoms with Crippen LogP contribution in [0.4, 0.5) is 18.0 Å². The molecule has 0 unspecified atom stereocenters. The van der Waals surface area contributed by atoms with Gasteiger partial charge in [0.2, 0.25) is 0 Å². The van der Waals surface area contributed by atoms with Crippen molar-refractivity contribution in [2.75, 3.05) is 0 Å². The number of benzene rings is 2. The van der Waals surface area contributed by atoms with Crippen LogP contribution in [0.2, 0.25) is 0 Å². The van der Waals surface area contributed by atoms with Crippen LogP contribution in [0.3, 0.4) is 0 Å². The highest BCUT2D eigenvalue weighted by Crippen LogP contribution is 2.27. The quantitative estimate of drug-likeness (QED) is 0.439. The summed E-state index contributed by atoms with van der Waals surface area (Å²) in [5.74, 6) is 0.333. The number of para-hydroxylation sites is 1. The summed E-state index contributed by atoms with van der Waals surface area (Å²) in [5.41, 5.74) is 0.692. The van der Waals surface area contributed by atoms with Gasteiger partial charge in [0.15, 0.2) is 0 Å². The second kappa shape index (κ2) is 7.37. The molecule has 0 amide bonds. The zero-order chi connectivity index (χ0) is 16.9. The molecule has 3 nitrogen and oxygen atoms in total. The lowest BCUT2D eigenvalue weighted by molar-refractivity contribution is -0.127. The normalized spacial score (nSPS) is 11.1. The van der Waals surface area contributed by atoms with Crippen LogP contribution >= 0.6 is 11.6 Å². The number of carbonyl (C=O) groups excluding carboxylic acids is 1. The van der Waals surface area contributed by atoms with Crippen LogP contribution in [0.5, 0.6) is 11.5 Å². The van der Waals surface area contributed by atoms with Gasteiger partial charge in [-0.2, -0.15) is 13.2 Å². The van der Waals surface area contributed by atoms with Gasteiger partial charge in [-0.25, -0.2) is 4.79 Å². The highest BCUT2D eigenvalue weighted by Gasteiger charge is 2.29. The molecule has 0 atom stereocenters. The van der Waals surface area contributed by atoms with Crippen LogP contribution in [0, 0.1) is 0 Å². The van der Waals surface area contributed by atoms with Crippen molar-refractivity contribution in [1.29, 1.82) is 0 Å². The molecule has 122 valence electrons. The van der Waals surface area contributed by atoms with E-state index < -0.39 is 18.8 Å². The van der Waals surface area contributed by atoms with E-state index in [4.69, 9.17) is 21.1 Å². The van der Waals surface area contributed by atoms with Gasteiger partial charge in [0.25, 0.3) is 0 Å². The predicted octanol–water partition coefficient (Wildman–Crippen LogP) is 5.11. The molecule has 0 fully saturated rings. The number of carbonyl (C=O) groups is 1. The minimum absolute atomic E-state index is 0.144. The molecular formula is C16H12ClF3O3. The number of ether oxygens (including phenoxy) is 2. The Morgan fingerprint density at radius 3 is 2.26 bits per heavy atom. The molecule has 0 bridgehead atoms. The molecule has 23 heavy (non-hydrogen) atoms. The Kier molecular flexibility index (Phi) is 5.50. The lowest BCUT2D eigenvalue weighted by atomic mass is 10.1. The van der Waals surface area contributed by atoms with E-state index in [1.54, 1.807) is 12.1 Å². The highest BCUT2D eigenvalue weighted by molar-refractivity contribution is 6.17. The first-order valence-electron chi connectivity index (χ1n) is 6.56. The average Bonchev–Trinajstić information content (AvgIpc) is 2.48. The second-order valence-corrected chi connectivity index (χ2v) is 4.90. The Hall–Kier alpha value is -2.21. The molecule has 2 aromatic rings. The molecule has 0 saturated heterocycles. The predicted molar refractivity (Wildman–Crippen MR) is 78.9 cm³/mol. The van der Waals surface area contributed by atoms with Gasteiger partial charge in [-0.1, -0.05) is 30.3 Å². The fourth-order valence-corrected chi connectivity index (χ4v) is 2.00. The molecular weight excluding hydrogens is 333 g/mol. The van der Waals surface area contributed by atoms with Crippen LogP contribution in [0.15, 0.2) is 48.5 Å². The molecule has 0 saturated carbocycles. The molecule has 0 aliphatic rings. The van der Waals surface area contributed by atoms with Crippen molar-refractivity contribution in [1.82, 2.24) is 0 Å². The molecule has 0 heterocycles. The van der Waals surface area contributed by atoms with Crippen LogP contribution in [0.25, 0.3) is 0 Å². The van der Waals surface area contributed by atoms with Gasteiger partial charge in [-0.05, 0) is 23.8 Å². The Balaban J connectivity index is 2.05. The maximum absolute atomic E-state index is 12.5. The Morgan fingerprint density at radius 1 is 1.00 bits per heavy atom. The van der Waals surface area contributed by atoms with Crippen molar-refractivity contribution in [3.05, 3.63) is 59.7 Å². The van der Waals surface area contributed by atoms with E-state index in [2.05, 4.69) is 0 Å². The zero-order valence-electron chi connectivity index (χ0n) is 11.8. The summed E-state index contributed by atoms with van der Waals surface area (Å²) in [4.78, 5) is 11.7. The van der Waals surface area contributed by atoms with Crippen molar-refractivity contribution >= 4 is 17.8 Å². The van der Waals surface area contributed by atoms with E-state index in [0.717, 1.165) is 5.56 Å². The van der Waals surface area contributed by atoms with Crippen LogP contribution in [0.1, 0.15) is 11.1 Å². The molecule has 0 spiro atoms. The topological polar surface area (TPSA) is 35.5 Å². The standard InChI is InChI=1S/C16H12ClF3O3/c17-10-11-5-7-13(8-6-11)22-15(21)23-14-4-2-1-3-12(14)9-16(18,19)20/h1-8H,9-10H2. The number of halogens is 4. The molecule has 2 rings (SSSR count). The first kappa shape index (κ1) is 17.1. The van der Waals surface area contributed by atoms with Gasteiger partial charge < -0.3 is 9.47 Å². The fourth-order valence-electron chi connectivity index (χ4n) is 1.82. The second-order valence-electron chi connectivity index (χ2n) is 4.63. The first-order valence-corrected chi connectivity index (χ1v) is 7.10. The molecule has 2 aromatic carbocycles. The SMILES string of the molecule is O=C(Oc1ccc(CCl)cc1)Oc1ccccc1CC(F)(F)F. The molecule has 0 aliphatic carbocycles. The van der Waals surface area contributed by atoms with Crippen molar-refractivity contribution < 1.29 is 27.4 Å². The summed E-state index contributed by atoms with van der Waals surface area (Å²) in [7, 11) is 0. The van der Waals surface area contributed by atoms with E-state index >= 15 is 0 Å². The molecule has 0 aromatic heterocycles. The lowest BCUT2D eigenvalue weighted by Gasteiger charge is -2.11. The van der Waals surface area contributed by atoms with E-state index in [1.807, 2.05) is 0 Å². The van der Waals surface area contributed by atoms with Gasteiger partial charge in [0, 0.05) is 11.4 Å². The third kappa shape index (κ3) is 5.49. The van der Waals surface area contributed by atoms with Gasteiger partial charge in [-0.15, -0.1) is 11.6 Å². The molecule has 0 N–H and O–H groups in total. The van der Waals surface area contributed by atoms with Gasteiger partial charge in [-0.3, -0.25) is 0 Å². The summed E-state index contributed by atoms with van der Waals surface area (Å²) < 4.78 is 47.3. The van der Waals surface area contributed by atoms with Crippen LogP contribution in [-0.4, -0.2) is 12.3 Å². The summed E-state index contributed by atoms with van der Waals surface area (Å²) in [6.07, 6.45) is -6.71. The van der Waals surface area contributed by atoms with Crippen LogP contribution in [-0.2, 0) is 12.3 Å². The third-order valence-electron chi connectivity index (χ3n) is 2.84. The smallest absolute Gasteiger partial charge is 0.395 e. The van der Waals surface area contributed by atoms with Crippen molar-refractivity contribution in [3.63, 3.8) is 0 Å². The Morgan fingerprint density at radius 2 is 1.65 bits per heavy atom. The summed E-state index contributed by atoms with van der Waals surface area (Å²) in [5, 5.41) is 0. The maximum atomic E-state index is 12.5. The van der Waals surface area contributed by atoms with Gasteiger partial charge in [0.1, 0.15) is 11.5 Å². The average molecular weight is 345 g/mol. The number of hydrogen-bond acceptors (Lipinski definition) is 3. The molecule has 7 heteroatoms. The lowest BCUT2D eigenvalue weighted by Crippen LogP contribution is -2.17. The number of hydrogen-bond donors (Lipinski definition) is 0. The molecule has 0 aliphatic heterocycles. The Bertz CT molecular complexity index is 669. The monoisotopic (exact) mass is 344 g/mol. The minimum atomic E-state index is -4.40. The van der Waals surface area contributed by atoms with E-state index in [-0.39, 0.29) is 17.1 Å². The van der Waals surface area contributed by atoms with Gasteiger partial charge >= 0.3 is 12.3 Å². The first-order chi connectivity index (χ1) is 10.9. The molecule has 0 radical (unpaired) electrons. The summed E-state index contributed by atoms with van der Waals surface area (Å²) in [6.45, 7) is 0. The van der Waals surface area contributed by atoms with Crippen molar-refractivity contribution in [2.45, 2.75) is 18.5 Å². The summed E-state index contributed by atoms with van der Waals surface area (Å²) in [6, 6.07) is 11.8. The Labute approximate surface area is 135 Å². The van der Waals surface area contributed by atoms with Gasteiger partial charge in [0.05, 0.1) is 6.42 Å². The number of rotatable bonds is 4. The number of alkyl halides is 4. The third-order valence-corrected chi connectivity index (χ3v) is 3.14. The van der Waals surface area contributed by atoms with E-state index in [9.17, 15) is 18.0 Å². The highest BCUT2D eigenvalue weighted by atomic mass is 35.5.